The van der Waals surface area contributed by atoms with Gasteiger partial charge in [-0.1, -0.05) is 13.0 Å². The van der Waals surface area contributed by atoms with Gasteiger partial charge in [0.25, 0.3) is 5.91 Å². The summed E-state index contributed by atoms with van der Waals surface area (Å²) in [5.74, 6) is -0.441. The van der Waals surface area contributed by atoms with Crippen molar-refractivity contribution in [2.45, 2.75) is 25.5 Å². The number of carbonyl (C=O) groups is 1. The van der Waals surface area contributed by atoms with E-state index in [9.17, 15) is 9.90 Å². The summed E-state index contributed by atoms with van der Waals surface area (Å²) in [6.07, 6.45) is 1.00. The van der Waals surface area contributed by atoms with Crippen molar-refractivity contribution in [2.24, 2.45) is 5.73 Å². The van der Waals surface area contributed by atoms with Crippen LogP contribution >= 0.6 is 0 Å². The highest BCUT2D eigenvalue weighted by atomic mass is 16.3. The molecule has 0 bridgehead atoms. The molecular formula is C8H16N2O2. The molecule has 0 spiro atoms. The van der Waals surface area contributed by atoms with E-state index in [0.717, 1.165) is 0 Å². The molecule has 0 aliphatic carbocycles. The highest BCUT2D eigenvalue weighted by Crippen LogP contribution is 1.94. The van der Waals surface area contributed by atoms with Gasteiger partial charge < -0.3 is 16.2 Å². The first-order valence-electron chi connectivity index (χ1n) is 3.95. The van der Waals surface area contributed by atoms with Crippen molar-refractivity contribution in [2.75, 3.05) is 6.54 Å². The van der Waals surface area contributed by atoms with E-state index in [1.807, 2.05) is 6.92 Å². The average molecular weight is 172 g/mol. The molecule has 12 heavy (non-hydrogen) atoms. The lowest BCUT2D eigenvalue weighted by molar-refractivity contribution is -0.130. The second kappa shape index (κ2) is 5.74. The molecule has 0 heterocycles. The van der Waals surface area contributed by atoms with Gasteiger partial charge in [0.05, 0.1) is 0 Å². The van der Waals surface area contributed by atoms with Crippen LogP contribution in [0.25, 0.3) is 0 Å². The van der Waals surface area contributed by atoms with Gasteiger partial charge in [0.2, 0.25) is 0 Å². The van der Waals surface area contributed by atoms with Crippen molar-refractivity contribution in [3.63, 3.8) is 0 Å². The van der Waals surface area contributed by atoms with Crippen LogP contribution in [-0.2, 0) is 4.79 Å². The van der Waals surface area contributed by atoms with Gasteiger partial charge >= 0.3 is 0 Å². The van der Waals surface area contributed by atoms with Gasteiger partial charge in [-0.2, -0.15) is 0 Å². The number of hydrogen-bond acceptors (Lipinski definition) is 3. The third-order valence-electron chi connectivity index (χ3n) is 1.57. The molecule has 2 atom stereocenters. The van der Waals surface area contributed by atoms with Gasteiger partial charge in [-0.3, -0.25) is 4.79 Å². The molecule has 0 aromatic carbocycles. The lowest BCUT2D eigenvalue weighted by Crippen LogP contribution is -2.46. The average Bonchev–Trinajstić information content (AvgIpc) is 2.11. The number of nitrogens with one attached hydrogen (secondary N) is 1. The largest absolute Gasteiger partial charge is 0.382 e. The molecule has 0 aromatic heterocycles. The molecule has 4 N–H and O–H groups in total. The van der Waals surface area contributed by atoms with Crippen molar-refractivity contribution in [1.29, 1.82) is 0 Å². The van der Waals surface area contributed by atoms with Crippen LogP contribution in [0.1, 0.15) is 13.3 Å². The van der Waals surface area contributed by atoms with E-state index in [1.54, 1.807) is 6.08 Å². The standard InChI is InChI=1S/C8H16N2O2/c1-3-5-10-8(12)7(11)6(9)4-2/h3,6-7,11H,1,4-5,9H2,2H3,(H,10,12). The first-order valence-corrected chi connectivity index (χ1v) is 3.95. The van der Waals surface area contributed by atoms with Crippen LogP contribution in [0.15, 0.2) is 12.7 Å². The van der Waals surface area contributed by atoms with E-state index in [-0.39, 0.29) is 0 Å². The van der Waals surface area contributed by atoms with Crippen LogP contribution in [0.5, 0.6) is 0 Å². The molecule has 0 aliphatic rings. The molecule has 4 nitrogen and oxygen atoms in total. The predicted molar refractivity (Wildman–Crippen MR) is 47.5 cm³/mol. The molecule has 0 aliphatic heterocycles. The van der Waals surface area contributed by atoms with Crippen LogP contribution in [0, 0.1) is 0 Å². The summed E-state index contributed by atoms with van der Waals surface area (Å²) in [5.41, 5.74) is 5.45. The van der Waals surface area contributed by atoms with Crippen molar-refractivity contribution in [3.05, 3.63) is 12.7 Å². The third kappa shape index (κ3) is 3.50. The summed E-state index contributed by atoms with van der Waals surface area (Å²) in [4.78, 5) is 11.0. The Bertz CT molecular complexity index is 159. The summed E-state index contributed by atoms with van der Waals surface area (Å²) in [6.45, 7) is 5.60. The van der Waals surface area contributed by atoms with E-state index >= 15 is 0 Å². The minimum Gasteiger partial charge on any atom is -0.382 e. The second-order valence-electron chi connectivity index (χ2n) is 2.55. The van der Waals surface area contributed by atoms with Crippen molar-refractivity contribution >= 4 is 5.91 Å². The van der Waals surface area contributed by atoms with E-state index in [0.29, 0.717) is 13.0 Å². The van der Waals surface area contributed by atoms with Crippen molar-refractivity contribution in [3.8, 4) is 0 Å². The van der Waals surface area contributed by atoms with Crippen LogP contribution < -0.4 is 11.1 Å². The summed E-state index contributed by atoms with van der Waals surface area (Å²) < 4.78 is 0. The number of rotatable bonds is 5. The Morgan fingerprint density at radius 2 is 2.42 bits per heavy atom. The Balaban J connectivity index is 3.83. The van der Waals surface area contributed by atoms with Gasteiger partial charge in [-0.15, -0.1) is 6.58 Å². The Labute approximate surface area is 72.4 Å². The molecule has 0 rings (SSSR count). The van der Waals surface area contributed by atoms with Gasteiger partial charge in [0.15, 0.2) is 0 Å². The zero-order valence-corrected chi connectivity index (χ0v) is 7.29. The Hall–Kier alpha value is -0.870. The minimum atomic E-state index is -1.12. The molecule has 0 aromatic rings. The SMILES string of the molecule is C=CCNC(=O)C(O)C(N)CC. The van der Waals surface area contributed by atoms with Crippen molar-refractivity contribution < 1.29 is 9.90 Å². The maximum Gasteiger partial charge on any atom is 0.250 e. The van der Waals surface area contributed by atoms with E-state index in [1.165, 1.54) is 0 Å². The van der Waals surface area contributed by atoms with E-state index in [4.69, 9.17) is 5.73 Å². The topological polar surface area (TPSA) is 75.3 Å². The highest BCUT2D eigenvalue weighted by Gasteiger charge is 2.20. The number of nitrogens with two attached hydrogens (primary N) is 1. The van der Waals surface area contributed by atoms with Crippen LogP contribution in [-0.4, -0.2) is 29.7 Å². The van der Waals surface area contributed by atoms with Gasteiger partial charge in [0, 0.05) is 12.6 Å². The zero-order valence-electron chi connectivity index (χ0n) is 7.29. The van der Waals surface area contributed by atoms with E-state index < -0.39 is 18.1 Å². The third-order valence-corrected chi connectivity index (χ3v) is 1.57. The lowest BCUT2D eigenvalue weighted by atomic mass is 10.1. The fraction of sp³-hybridized carbons (Fsp3) is 0.625. The molecule has 70 valence electrons. The Kier molecular flexibility index (Phi) is 5.32. The summed E-state index contributed by atoms with van der Waals surface area (Å²) in [7, 11) is 0. The molecule has 1 amide bonds. The quantitative estimate of drug-likeness (QED) is 0.484. The molecular weight excluding hydrogens is 156 g/mol. The van der Waals surface area contributed by atoms with Gasteiger partial charge in [0.1, 0.15) is 6.10 Å². The highest BCUT2D eigenvalue weighted by molar-refractivity contribution is 5.81. The van der Waals surface area contributed by atoms with Crippen LogP contribution in [0.4, 0.5) is 0 Å². The fourth-order valence-electron chi connectivity index (χ4n) is 0.695. The summed E-state index contributed by atoms with van der Waals surface area (Å²) in [5, 5.41) is 11.7. The molecule has 0 saturated heterocycles. The molecule has 0 fully saturated rings. The number of aliphatic hydroxyl groups excluding tert-OH is 1. The van der Waals surface area contributed by atoms with Gasteiger partial charge in [-0.25, -0.2) is 0 Å². The second-order valence-corrected chi connectivity index (χ2v) is 2.55. The van der Waals surface area contributed by atoms with Crippen LogP contribution in [0.3, 0.4) is 0 Å². The lowest BCUT2D eigenvalue weighted by Gasteiger charge is -2.15. The molecule has 0 radical (unpaired) electrons. The minimum absolute atomic E-state index is 0.353. The maximum atomic E-state index is 11.0. The summed E-state index contributed by atoms with van der Waals surface area (Å²) >= 11 is 0. The molecule has 2 unspecified atom stereocenters. The van der Waals surface area contributed by atoms with Crippen LogP contribution in [0.2, 0.25) is 0 Å². The van der Waals surface area contributed by atoms with Gasteiger partial charge in [-0.05, 0) is 6.42 Å². The number of aliphatic hydroxyl groups is 1. The number of carbonyl (C=O) groups excluding carboxylic acids is 1. The Morgan fingerprint density at radius 3 is 2.83 bits per heavy atom. The fourth-order valence-corrected chi connectivity index (χ4v) is 0.695. The zero-order chi connectivity index (χ0) is 9.56. The predicted octanol–water partition coefficient (Wildman–Crippen LogP) is -0.613. The first-order chi connectivity index (χ1) is 5.63. The molecule has 0 saturated carbocycles. The number of hydrogen-bond donors (Lipinski definition) is 3. The smallest absolute Gasteiger partial charge is 0.250 e. The summed E-state index contributed by atoms with van der Waals surface area (Å²) in [6, 6.07) is -0.491. The monoisotopic (exact) mass is 172 g/mol. The van der Waals surface area contributed by atoms with Crippen molar-refractivity contribution in [1.82, 2.24) is 5.32 Å². The molecule has 4 heteroatoms. The maximum absolute atomic E-state index is 11.0. The Morgan fingerprint density at radius 1 is 1.83 bits per heavy atom. The normalized spacial score (nSPS) is 14.9. The van der Waals surface area contributed by atoms with E-state index in [2.05, 4.69) is 11.9 Å². The number of amides is 1. The first kappa shape index (κ1) is 11.1.